The molecule has 0 aliphatic carbocycles. The lowest BCUT2D eigenvalue weighted by molar-refractivity contribution is 0.0937. The lowest BCUT2D eigenvalue weighted by Gasteiger charge is -2.00. The molecule has 0 fully saturated rings. The monoisotopic (exact) mass is 289 g/mol. The SMILES string of the molecule is CCCNCCc1nc(C(=O)NCc2ccccn2)no1. The van der Waals surface area contributed by atoms with Gasteiger partial charge in [0.2, 0.25) is 5.89 Å². The van der Waals surface area contributed by atoms with Crippen LogP contribution in [0.4, 0.5) is 0 Å². The highest BCUT2D eigenvalue weighted by atomic mass is 16.5. The number of rotatable bonds is 8. The summed E-state index contributed by atoms with van der Waals surface area (Å²) < 4.78 is 5.04. The Hall–Kier alpha value is -2.28. The van der Waals surface area contributed by atoms with Crippen molar-refractivity contribution in [2.75, 3.05) is 13.1 Å². The zero-order chi connectivity index (χ0) is 14.9. The van der Waals surface area contributed by atoms with Gasteiger partial charge in [-0.1, -0.05) is 18.1 Å². The van der Waals surface area contributed by atoms with Crippen LogP contribution in [-0.2, 0) is 13.0 Å². The zero-order valence-electron chi connectivity index (χ0n) is 12.0. The molecule has 0 aromatic carbocycles. The molecule has 0 saturated carbocycles. The van der Waals surface area contributed by atoms with Crippen molar-refractivity contribution >= 4 is 5.91 Å². The van der Waals surface area contributed by atoms with Crippen molar-refractivity contribution in [2.45, 2.75) is 26.3 Å². The molecule has 2 rings (SSSR count). The van der Waals surface area contributed by atoms with Crippen LogP contribution in [0.5, 0.6) is 0 Å². The highest BCUT2D eigenvalue weighted by Crippen LogP contribution is 1.99. The van der Waals surface area contributed by atoms with Gasteiger partial charge in [0.1, 0.15) is 0 Å². The molecular weight excluding hydrogens is 270 g/mol. The maximum absolute atomic E-state index is 11.9. The van der Waals surface area contributed by atoms with Crippen LogP contribution in [0.1, 0.15) is 35.5 Å². The van der Waals surface area contributed by atoms with E-state index in [-0.39, 0.29) is 11.7 Å². The third kappa shape index (κ3) is 4.96. The van der Waals surface area contributed by atoms with Crippen LogP contribution in [0.3, 0.4) is 0 Å². The van der Waals surface area contributed by atoms with Crippen LogP contribution in [-0.4, -0.2) is 34.1 Å². The molecule has 21 heavy (non-hydrogen) atoms. The standard InChI is InChI=1S/C14H19N5O2/c1-2-7-15-9-6-12-18-13(19-21-12)14(20)17-10-11-5-3-4-8-16-11/h3-5,8,15H,2,6-7,9-10H2,1H3,(H,17,20). The Morgan fingerprint density at radius 3 is 3.00 bits per heavy atom. The Bertz CT molecular complexity index is 556. The number of carbonyl (C=O) groups excluding carboxylic acids is 1. The molecule has 0 radical (unpaired) electrons. The summed E-state index contributed by atoms with van der Waals surface area (Å²) in [7, 11) is 0. The molecule has 2 aromatic rings. The van der Waals surface area contributed by atoms with Gasteiger partial charge in [0, 0.05) is 19.2 Å². The number of hydrogen-bond donors (Lipinski definition) is 2. The molecule has 0 saturated heterocycles. The van der Waals surface area contributed by atoms with Crippen molar-refractivity contribution in [3.05, 3.63) is 41.8 Å². The van der Waals surface area contributed by atoms with Crippen LogP contribution in [0.2, 0.25) is 0 Å². The fourth-order valence-electron chi connectivity index (χ4n) is 1.70. The molecule has 7 heteroatoms. The molecule has 2 heterocycles. The summed E-state index contributed by atoms with van der Waals surface area (Å²) in [6.45, 7) is 4.14. The van der Waals surface area contributed by atoms with E-state index in [1.807, 2.05) is 18.2 Å². The van der Waals surface area contributed by atoms with E-state index in [9.17, 15) is 4.79 Å². The van der Waals surface area contributed by atoms with Gasteiger partial charge in [0.05, 0.1) is 12.2 Å². The Balaban J connectivity index is 1.79. The van der Waals surface area contributed by atoms with Crippen LogP contribution in [0, 0.1) is 0 Å². The fourth-order valence-corrected chi connectivity index (χ4v) is 1.70. The summed E-state index contributed by atoms with van der Waals surface area (Å²) in [6.07, 6.45) is 3.36. The summed E-state index contributed by atoms with van der Waals surface area (Å²) in [5.74, 6) is 0.148. The van der Waals surface area contributed by atoms with Gasteiger partial charge in [-0.3, -0.25) is 9.78 Å². The molecule has 0 atom stereocenters. The number of nitrogens with one attached hydrogen (secondary N) is 2. The van der Waals surface area contributed by atoms with Crippen LogP contribution >= 0.6 is 0 Å². The first-order valence-corrected chi connectivity index (χ1v) is 7.01. The molecule has 1 amide bonds. The van der Waals surface area contributed by atoms with Crippen molar-refractivity contribution in [3.63, 3.8) is 0 Å². The zero-order valence-corrected chi connectivity index (χ0v) is 12.0. The number of aromatic nitrogens is 3. The van der Waals surface area contributed by atoms with E-state index in [0.29, 0.717) is 18.9 Å². The quantitative estimate of drug-likeness (QED) is 0.702. The minimum Gasteiger partial charge on any atom is -0.344 e. The molecular formula is C14H19N5O2. The van der Waals surface area contributed by atoms with Gasteiger partial charge >= 0.3 is 0 Å². The van der Waals surface area contributed by atoms with Gasteiger partial charge in [0.25, 0.3) is 11.7 Å². The number of nitrogens with zero attached hydrogens (tertiary/aromatic N) is 3. The van der Waals surface area contributed by atoms with Crippen LogP contribution in [0.25, 0.3) is 0 Å². The van der Waals surface area contributed by atoms with E-state index >= 15 is 0 Å². The van der Waals surface area contributed by atoms with Gasteiger partial charge < -0.3 is 15.2 Å². The second-order valence-electron chi connectivity index (χ2n) is 4.52. The second kappa shape index (κ2) is 8.11. The average Bonchev–Trinajstić information content (AvgIpc) is 2.99. The summed E-state index contributed by atoms with van der Waals surface area (Å²) >= 11 is 0. The summed E-state index contributed by atoms with van der Waals surface area (Å²) in [4.78, 5) is 20.1. The number of hydrogen-bond acceptors (Lipinski definition) is 6. The highest BCUT2D eigenvalue weighted by molar-refractivity contribution is 5.90. The van der Waals surface area contributed by atoms with Crippen molar-refractivity contribution in [1.29, 1.82) is 0 Å². The van der Waals surface area contributed by atoms with Crippen molar-refractivity contribution in [1.82, 2.24) is 25.8 Å². The maximum Gasteiger partial charge on any atom is 0.293 e. The maximum atomic E-state index is 11.9. The van der Waals surface area contributed by atoms with E-state index in [1.54, 1.807) is 6.20 Å². The lowest BCUT2D eigenvalue weighted by atomic mass is 10.3. The first kappa shape index (κ1) is 15.1. The predicted molar refractivity (Wildman–Crippen MR) is 76.6 cm³/mol. The minimum absolute atomic E-state index is 0.0522. The van der Waals surface area contributed by atoms with Gasteiger partial charge in [-0.05, 0) is 25.1 Å². The normalized spacial score (nSPS) is 10.5. The van der Waals surface area contributed by atoms with Gasteiger partial charge in [-0.2, -0.15) is 4.98 Å². The smallest absolute Gasteiger partial charge is 0.293 e. The van der Waals surface area contributed by atoms with Crippen molar-refractivity contribution in [3.8, 4) is 0 Å². The average molecular weight is 289 g/mol. The molecule has 0 aliphatic rings. The number of amides is 1. The Morgan fingerprint density at radius 2 is 2.24 bits per heavy atom. The lowest BCUT2D eigenvalue weighted by Crippen LogP contribution is -2.24. The predicted octanol–water partition coefficient (Wildman–Crippen LogP) is 0.937. The van der Waals surface area contributed by atoms with E-state index in [4.69, 9.17) is 4.52 Å². The van der Waals surface area contributed by atoms with E-state index < -0.39 is 0 Å². The van der Waals surface area contributed by atoms with Crippen molar-refractivity contribution in [2.24, 2.45) is 0 Å². The Morgan fingerprint density at radius 1 is 1.33 bits per heavy atom. The minimum atomic E-state index is -0.364. The third-order valence-corrected chi connectivity index (χ3v) is 2.77. The highest BCUT2D eigenvalue weighted by Gasteiger charge is 2.14. The first-order chi connectivity index (χ1) is 10.3. The molecule has 0 bridgehead atoms. The van der Waals surface area contributed by atoms with E-state index in [1.165, 1.54) is 0 Å². The third-order valence-electron chi connectivity index (χ3n) is 2.77. The molecule has 0 aliphatic heterocycles. The first-order valence-electron chi connectivity index (χ1n) is 7.01. The molecule has 2 aromatic heterocycles. The van der Waals surface area contributed by atoms with E-state index in [2.05, 4.69) is 32.7 Å². The molecule has 0 spiro atoms. The molecule has 0 unspecified atom stereocenters. The van der Waals surface area contributed by atoms with Crippen LogP contribution in [0.15, 0.2) is 28.9 Å². The summed E-state index contributed by atoms with van der Waals surface area (Å²) in [5, 5.41) is 9.62. The second-order valence-corrected chi connectivity index (χ2v) is 4.52. The van der Waals surface area contributed by atoms with Gasteiger partial charge in [0.15, 0.2) is 0 Å². The number of pyridine rings is 1. The molecule has 112 valence electrons. The number of carbonyl (C=O) groups is 1. The van der Waals surface area contributed by atoms with E-state index in [0.717, 1.165) is 25.2 Å². The van der Waals surface area contributed by atoms with Crippen LogP contribution < -0.4 is 10.6 Å². The Labute approximate surface area is 123 Å². The van der Waals surface area contributed by atoms with Gasteiger partial charge in [-0.15, -0.1) is 0 Å². The summed E-state index contributed by atoms with van der Waals surface area (Å²) in [6, 6.07) is 5.52. The largest absolute Gasteiger partial charge is 0.344 e. The fraction of sp³-hybridized carbons (Fsp3) is 0.429. The molecule has 7 nitrogen and oxygen atoms in total. The topological polar surface area (TPSA) is 92.9 Å². The van der Waals surface area contributed by atoms with Gasteiger partial charge in [-0.25, -0.2) is 0 Å². The molecule has 2 N–H and O–H groups in total. The summed E-state index contributed by atoms with van der Waals surface area (Å²) in [5.41, 5.74) is 0.776. The van der Waals surface area contributed by atoms with Crippen molar-refractivity contribution < 1.29 is 9.32 Å². The Kier molecular flexibility index (Phi) is 5.83.